The van der Waals surface area contributed by atoms with Crippen LogP contribution in [0.5, 0.6) is 0 Å². The fourth-order valence-electron chi connectivity index (χ4n) is 1.49. The van der Waals surface area contributed by atoms with Crippen LogP contribution >= 0.6 is 0 Å². The summed E-state index contributed by atoms with van der Waals surface area (Å²) in [5, 5.41) is 11.4. The van der Waals surface area contributed by atoms with Crippen molar-refractivity contribution >= 4 is 17.6 Å². The number of aromatic nitrogens is 1. The van der Waals surface area contributed by atoms with E-state index in [2.05, 4.69) is 10.3 Å². The standard InChI is InChI=1S/C13H9FN2O3/c14-9-3-4-11(10(6-9)13(18)19)16-12(17)8-2-1-5-15-7-8/h1-7H,(H,16,17)(H,18,19). The minimum Gasteiger partial charge on any atom is -0.478 e. The summed E-state index contributed by atoms with van der Waals surface area (Å²) in [7, 11) is 0. The van der Waals surface area contributed by atoms with Gasteiger partial charge in [0.1, 0.15) is 5.82 Å². The lowest BCUT2D eigenvalue weighted by molar-refractivity contribution is 0.0697. The number of hydrogen-bond donors (Lipinski definition) is 2. The number of halogens is 1. The zero-order valence-electron chi connectivity index (χ0n) is 9.63. The summed E-state index contributed by atoms with van der Waals surface area (Å²) in [6.07, 6.45) is 2.86. The lowest BCUT2D eigenvalue weighted by Gasteiger charge is -2.08. The third-order valence-electron chi connectivity index (χ3n) is 2.38. The van der Waals surface area contributed by atoms with Gasteiger partial charge in [-0.15, -0.1) is 0 Å². The van der Waals surface area contributed by atoms with Gasteiger partial charge < -0.3 is 10.4 Å². The van der Waals surface area contributed by atoms with Crippen molar-refractivity contribution in [1.82, 2.24) is 4.98 Å². The first kappa shape index (κ1) is 12.7. The maximum atomic E-state index is 13.0. The monoisotopic (exact) mass is 260 g/mol. The van der Waals surface area contributed by atoms with Crippen LogP contribution in [-0.2, 0) is 0 Å². The quantitative estimate of drug-likeness (QED) is 0.886. The molecule has 96 valence electrons. The minimum absolute atomic E-state index is 0.0303. The number of nitrogens with one attached hydrogen (secondary N) is 1. The number of pyridine rings is 1. The van der Waals surface area contributed by atoms with Gasteiger partial charge in [0.15, 0.2) is 0 Å². The van der Waals surface area contributed by atoms with E-state index in [0.717, 1.165) is 12.1 Å². The van der Waals surface area contributed by atoms with Gasteiger partial charge in [-0.25, -0.2) is 9.18 Å². The van der Waals surface area contributed by atoms with Crippen LogP contribution < -0.4 is 5.32 Å². The third-order valence-corrected chi connectivity index (χ3v) is 2.38. The van der Waals surface area contributed by atoms with Crippen LogP contribution in [0.4, 0.5) is 10.1 Å². The molecule has 2 N–H and O–H groups in total. The third kappa shape index (κ3) is 2.92. The van der Waals surface area contributed by atoms with E-state index in [0.29, 0.717) is 0 Å². The average Bonchev–Trinajstić information content (AvgIpc) is 2.41. The molecule has 1 amide bonds. The zero-order valence-corrected chi connectivity index (χ0v) is 9.63. The summed E-state index contributed by atoms with van der Waals surface area (Å²) >= 11 is 0. The summed E-state index contributed by atoms with van der Waals surface area (Å²) in [6, 6.07) is 6.24. The van der Waals surface area contributed by atoms with Crippen molar-refractivity contribution in [2.45, 2.75) is 0 Å². The van der Waals surface area contributed by atoms with Gasteiger partial charge in [0, 0.05) is 12.4 Å². The normalized spacial score (nSPS) is 9.95. The number of carboxylic acid groups (broad SMARTS) is 1. The van der Waals surface area contributed by atoms with Gasteiger partial charge in [-0.2, -0.15) is 0 Å². The van der Waals surface area contributed by atoms with Crippen molar-refractivity contribution in [1.29, 1.82) is 0 Å². The number of rotatable bonds is 3. The number of hydrogen-bond acceptors (Lipinski definition) is 3. The second-order valence-corrected chi connectivity index (χ2v) is 3.69. The fourth-order valence-corrected chi connectivity index (χ4v) is 1.49. The molecule has 0 atom stereocenters. The Labute approximate surface area is 107 Å². The highest BCUT2D eigenvalue weighted by molar-refractivity contribution is 6.07. The largest absolute Gasteiger partial charge is 0.478 e. The lowest BCUT2D eigenvalue weighted by Crippen LogP contribution is -2.15. The van der Waals surface area contributed by atoms with Crippen molar-refractivity contribution in [3.63, 3.8) is 0 Å². The Bertz CT molecular complexity index is 629. The van der Waals surface area contributed by atoms with E-state index in [1.807, 2.05) is 0 Å². The number of anilines is 1. The molecule has 1 heterocycles. The number of carboxylic acids is 1. The molecule has 0 saturated heterocycles. The SMILES string of the molecule is O=C(Nc1ccc(F)cc1C(=O)O)c1cccnc1. The van der Waals surface area contributed by atoms with Gasteiger partial charge in [-0.05, 0) is 30.3 Å². The number of amides is 1. The Morgan fingerprint density at radius 2 is 2.05 bits per heavy atom. The van der Waals surface area contributed by atoms with E-state index < -0.39 is 17.7 Å². The Kier molecular flexibility index (Phi) is 3.51. The minimum atomic E-state index is -1.32. The van der Waals surface area contributed by atoms with Gasteiger partial charge in [-0.3, -0.25) is 9.78 Å². The summed E-state index contributed by atoms with van der Waals surface area (Å²) in [6.45, 7) is 0. The highest BCUT2D eigenvalue weighted by Gasteiger charge is 2.14. The number of nitrogens with zero attached hydrogens (tertiary/aromatic N) is 1. The number of aromatic carboxylic acids is 1. The molecule has 0 aliphatic heterocycles. The molecule has 6 heteroatoms. The smallest absolute Gasteiger partial charge is 0.337 e. The topological polar surface area (TPSA) is 79.3 Å². The molecule has 0 aliphatic carbocycles. The van der Waals surface area contributed by atoms with Crippen LogP contribution in [0, 0.1) is 5.82 Å². The van der Waals surface area contributed by atoms with Crippen LogP contribution in [0.2, 0.25) is 0 Å². The molecule has 0 unspecified atom stereocenters. The highest BCUT2D eigenvalue weighted by Crippen LogP contribution is 2.18. The van der Waals surface area contributed by atoms with Crippen molar-refractivity contribution in [3.05, 3.63) is 59.7 Å². The van der Waals surface area contributed by atoms with Crippen molar-refractivity contribution in [3.8, 4) is 0 Å². The average molecular weight is 260 g/mol. The predicted octanol–water partition coefficient (Wildman–Crippen LogP) is 2.17. The molecule has 2 aromatic rings. The number of benzene rings is 1. The van der Waals surface area contributed by atoms with Crippen LogP contribution in [0.3, 0.4) is 0 Å². The Morgan fingerprint density at radius 1 is 1.26 bits per heavy atom. The molecule has 0 radical (unpaired) electrons. The molecule has 0 bridgehead atoms. The van der Waals surface area contributed by atoms with Gasteiger partial charge in [-0.1, -0.05) is 0 Å². The molecule has 1 aromatic heterocycles. The van der Waals surface area contributed by atoms with Crippen LogP contribution in [0.15, 0.2) is 42.7 Å². The highest BCUT2D eigenvalue weighted by atomic mass is 19.1. The molecule has 0 fully saturated rings. The molecule has 5 nitrogen and oxygen atoms in total. The van der Waals surface area contributed by atoms with Crippen LogP contribution in [0.1, 0.15) is 20.7 Å². The first-order valence-corrected chi connectivity index (χ1v) is 5.32. The van der Waals surface area contributed by atoms with E-state index in [9.17, 15) is 14.0 Å². The Morgan fingerprint density at radius 3 is 2.68 bits per heavy atom. The van der Waals surface area contributed by atoms with Gasteiger partial charge in [0.25, 0.3) is 5.91 Å². The second kappa shape index (κ2) is 5.26. The van der Waals surface area contributed by atoms with E-state index >= 15 is 0 Å². The fraction of sp³-hybridized carbons (Fsp3) is 0. The molecular formula is C13H9FN2O3. The van der Waals surface area contributed by atoms with E-state index in [4.69, 9.17) is 5.11 Å². The van der Waals surface area contributed by atoms with Gasteiger partial charge >= 0.3 is 5.97 Å². The first-order valence-electron chi connectivity index (χ1n) is 5.32. The molecule has 1 aromatic carbocycles. The second-order valence-electron chi connectivity index (χ2n) is 3.69. The van der Waals surface area contributed by atoms with E-state index in [1.165, 1.54) is 24.5 Å². The molecule has 2 rings (SSSR count). The van der Waals surface area contributed by atoms with Crippen LogP contribution in [-0.4, -0.2) is 22.0 Å². The molecule has 0 aliphatic rings. The predicted molar refractivity (Wildman–Crippen MR) is 65.5 cm³/mol. The maximum absolute atomic E-state index is 13.0. The van der Waals surface area contributed by atoms with E-state index in [1.54, 1.807) is 6.07 Å². The zero-order chi connectivity index (χ0) is 13.8. The summed E-state index contributed by atoms with van der Waals surface area (Å²) in [5.41, 5.74) is 0.00292. The Balaban J connectivity index is 2.29. The van der Waals surface area contributed by atoms with Crippen LogP contribution in [0.25, 0.3) is 0 Å². The first-order chi connectivity index (χ1) is 9.08. The summed E-state index contributed by atoms with van der Waals surface area (Å²) in [5.74, 6) is -2.51. The molecule has 0 spiro atoms. The molecule has 19 heavy (non-hydrogen) atoms. The molecule has 0 saturated carbocycles. The maximum Gasteiger partial charge on any atom is 0.337 e. The van der Waals surface area contributed by atoms with Gasteiger partial charge in [0.2, 0.25) is 0 Å². The molecular weight excluding hydrogens is 251 g/mol. The summed E-state index contributed by atoms with van der Waals surface area (Å²) in [4.78, 5) is 26.6. The number of carbonyl (C=O) groups excluding carboxylic acids is 1. The summed E-state index contributed by atoms with van der Waals surface area (Å²) < 4.78 is 13.0. The van der Waals surface area contributed by atoms with Crippen molar-refractivity contribution in [2.24, 2.45) is 0 Å². The van der Waals surface area contributed by atoms with Gasteiger partial charge in [0.05, 0.1) is 16.8 Å². The van der Waals surface area contributed by atoms with Crippen molar-refractivity contribution in [2.75, 3.05) is 5.32 Å². The van der Waals surface area contributed by atoms with E-state index in [-0.39, 0.29) is 16.8 Å². The Hall–Kier alpha value is -2.76. The lowest BCUT2D eigenvalue weighted by atomic mass is 10.1. The number of carbonyl (C=O) groups is 2. The van der Waals surface area contributed by atoms with Crippen molar-refractivity contribution < 1.29 is 19.1 Å².